The SMILES string of the molecule is COCCCN1C(=O)c2cccc3c2C1=CCC3CCC(=O)C1CCN(S(=O)(=O)c2ccc(F)cc2)C1. The summed E-state index contributed by atoms with van der Waals surface area (Å²) in [6.45, 7) is 1.63. The molecule has 1 amide bonds. The van der Waals surface area contributed by atoms with Gasteiger partial charge in [-0.1, -0.05) is 18.2 Å². The summed E-state index contributed by atoms with van der Waals surface area (Å²) in [4.78, 5) is 28.0. The van der Waals surface area contributed by atoms with Crippen LogP contribution in [0.2, 0.25) is 0 Å². The molecule has 9 heteroatoms. The molecule has 0 aromatic heterocycles. The number of rotatable bonds is 10. The van der Waals surface area contributed by atoms with Crippen molar-refractivity contribution >= 4 is 27.4 Å². The molecule has 0 saturated carbocycles. The molecular weight excluding hydrogens is 495 g/mol. The summed E-state index contributed by atoms with van der Waals surface area (Å²) >= 11 is 0. The molecule has 2 heterocycles. The molecule has 2 atom stereocenters. The second-order valence-corrected chi connectivity index (χ2v) is 11.8. The van der Waals surface area contributed by atoms with E-state index in [9.17, 15) is 22.4 Å². The number of hydrogen-bond donors (Lipinski definition) is 0. The first kappa shape index (κ1) is 25.8. The zero-order valence-corrected chi connectivity index (χ0v) is 21.7. The molecular formula is C28H31FN2O5S. The van der Waals surface area contributed by atoms with E-state index >= 15 is 0 Å². The lowest BCUT2D eigenvalue weighted by molar-refractivity contribution is -0.122. The number of carbonyl (C=O) groups excluding carboxylic acids is 2. The van der Waals surface area contributed by atoms with Gasteiger partial charge in [0.25, 0.3) is 5.91 Å². The largest absolute Gasteiger partial charge is 0.385 e. The quantitative estimate of drug-likeness (QED) is 0.433. The van der Waals surface area contributed by atoms with Crippen molar-refractivity contribution in [2.75, 3.05) is 33.4 Å². The second-order valence-electron chi connectivity index (χ2n) is 9.90. The third-order valence-electron chi connectivity index (χ3n) is 7.68. The third kappa shape index (κ3) is 4.87. The van der Waals surface area contributed by atoms with Crippen molar-refractivity contribution in [1.29, 1.82) is 0 Å². The van der Waals surface area contributed by atoms with Crippen molar-refractivity contribution in [2.24, 2.45) is 5.92 Å². The normalized spacial score (nSPS) is 21.3. The second kappa shape index (κ2) is 10.5. The third-order valence-corrected chi connectivity index (χ3v) is 9.56. The number of allylic oxidation sites excluding steroid dienone is 1. The van der Waals surface area contributed by atoms with Crippen LogP contribution in [0.15, 0.2) is 53.4 Å². The first-order chi connectivity index (χ1) is 17.8. The summed E-state index contributed by atoms with van der Waals surface area (Å²) in [7, 11) is -2.11. The summed E-state index contributed by atoms with van der Waals surface area (Å²) in [5.41, 5.74) is 3.78. The number of amides is 1. The fourth-order valence-electron chi connectivity index (χ4n) is 5.71. The number of hydrogen-bond acceptors (Lipinski definition) is 5. The first-order valence-corrected chi connectivity index (χ1v) is 14.2. The van der Waals surface area contributed by atoms with E-state index in [0.29, 0.717) is 32.4 Å². The average molecular weight is 527 g/mol. The monoisotopic (exact) mass is 526 g/mol. The van der Waals surface area contributed by atoms with Crippen molar-refractivity contribution < 1.29 is 27.1 Å². The van der Waals surface area contributed by atoms with Gasteiger partial charge in [0.05, 0.1) is 4.90 Å². The summed E-state index contributed by atoms with van der Waals surface area (Å²) < 4.78 is 45.5. The van der Waals surface area contributed by atoms with E-state index in [0.717, 1.165) is 47.4 Å². The molecule has 196 valence electrons. The predicted molar refractivity (Wildman–Crippen MR) is 137 cm³/mol. The standard InChI is InChI=1S/C28H31FN2O5S/c1-36-17-3-15-31-25-12-6-19(23-4-2-5-24(27(23)25)28(31)33)7-13-26(32)20-14-16-30(18-20)37(34,35)22-10-8-21(29)9-11-22/h2,4-5,8-12,19-20H,3,6-7,13-18H2,1H3. The van der Waals surface area contributed by atoms with Gasteiger partial charge < -0.3 is 9.64 Å². The average Bonchev–Trinajstić information content (AvgIpc) is 3.50. The minimum atomic E-state index is -3.76. The Labute approximate surface area is 217 Å². The Balaban J connectivity index is 1.22. The van der Waals surface area contributed by atoms with Crippen LogP contribution in [0.25, 0.3) is 5.70 Å². The number of ketones is 1. The Morgan fingerprint density at radius 3 is 2.70 bits per heavy atom. The van der Waals surface area contributed by atoms with Crippen LogP contribution in [0.3, 0.4) is 0 Å². The Hall–Kier alpha value is -2.88. The number of ether oxygens (including phenoxy) is 1. The van der Waals surface area contributed by atoms with Crippen molar-refractivity contribution in [1.82, 2.24) is 9.21 Å². The predicted octanol–water partition coefficient (Wildman–Crippen LogP) is 4.21. The Morgan fingerprint density at radius 2 is 1.95 bits per heavy atom. The van der Waals surface area contributed by atoms with Gasteiger partial charge in [-0.2, -0.15) is 4.31 Å². The van der Waals surface area contributed by atoms with Crippen LogP contribution in [-0.4, -0.2) is 62.7 Å². The molecule has 0 radical (unpaired) electrons. The molecule has 1 saturated heterocycles. The van der Waals surface area contributed by atoms with Crippen LogP contribution in [0.1, 0.15) is 59.5 Å². The number of Topliss-reactive ketones (excluding diaryl/α,β-unsaturated/α-hetero) is 1. The van der Waals surface area contributed by atoms with E-state index in [1.807, 2.05) is 17.0 Å². The number of benzene rings is 2. The molecule has 2 aliphatic heterocycles. The maximum Gasteiger partial charge on any atom is 0.258 e. The molecule has 7 nitrogen and oxygen atoms in total. The first-order valence-electron chi connectivity index (χ1n) is 12.7. The van der Waals surface area contributed by atoms with Crippen molar-refractivity contribution in [2.45, 2.75) is 42.9 Å². The van der Waals surface area contributed by atoms with Crippen LogP contribution in [0.5, 0.6) is 0 Å². The van der Waals surface area contributed by atoms with E-state index in [1.54, 1.807) is 7.11 Å². The Kier molecular flexibility index (Phi) is 7.29. The zero-order valence-electron chi connectivity index (χ0n) is 20.9. The topological polar surface area (TPSA) is 84.0 Å². The van der Waals surface area contributed by atoms with Crippen LogP contribution < -0.4 is 0 Å². The van der Waals surface area contributed by atoms with Crippen molar-refractivity contribution in [3.05, 3.63) is 71.0 Å². The zero-order chi connectivity index (χ0) is 26.2. The van der Waals surface area contributed by atoms with Gasteiger partial charge in [0.1, 0.15) is 11.6 Å². The van der Waals surface area contributed by atoms with Crippen LogP contribution in [-0.2, 0) is 19.6 Å². The summed E-state index contributed by atoms with van der Waals surface area (Å²) in [5.74, 6) is -0.620. The van der Waals surface area contributed by atoms with E-state index in [2.05, 4.69) is 12.1 Å². The molecule has 1 aliphatic carbocycles. The molecule has 0 bridgehead atoms. The minimum Gasteiger partial charge on any atom is -0.385 e. The number of sulfonamides is 1. The maximum atomic E-state index is 13.2. The highest BCUT2D eigenvalue weighted by Crippen LogP contribution is 2.44. The van der Waals surface area contributed by atoms with E-state index in [-0.39, 0.29) is 41.5 Å². The van der Waals surface area contributed by atoms with Gasteiger partial charge in [0.15, 0.2) is 0 Å². The molecule has 3 aliphatic rings. The van der Waals surface area contributed by atoms with E-state index in [4.69, 9.17) is 4.74 Å². The van der Waals surface area contributed by atoms with E-state index < -0.39 is 15.8 Å². The number of halogens is 1. The Bertz CT molecular complexity index is 1340. The van der Waals surface area contributed by atoms with Gasteiger partial charge >= 0.3 is 0 Å². The fourth-order valence-corrected chi connectivity index (χ4v) is 7.21. The molecule has 2 unspecified atom stereocenters. The lowest BCUT2D eigenvalue weighted by Crippen LogP contribution is -2.30. The van der Waals surface area contributed by atoms with Gasteiger partial charge in [0.2, 0.25) is 10.0 Å². The summed E-state index contributed by atoms with van der Waals surface area (Å²) in [5, 5.41) is 0. The van der Waals surface area contributed by atoms with E-state index in [1.165, 1.54) is 16.4 Å². The molecule has 0 spiro atoms. The molecule has 5 rings (SSSR count). The molecule has 1 fully saturated rings. The number of carbonyl (C=O) groups is 2. The van der Waals surface area contributed by atoms with Crippen molar-refractivity contribution in [3.8, 4) is 0 Å². The highest BCUT2D eigenvalue weighted by Gasteiger charge is 2.39. The molecule has 2 aromatic carbocycles. The smallest absolute Gasteiger partial charge is 0.258 e. The number of methoxy groups -OCH3 is 1. The van der Waals surface area contributed by atoms with Gasteiger partial charge in [0, 0.05) is 62.5 Å². The van der Waals surface area contributed by atoms with Crippen molar-refractivity contribution in [3.63, 3.8) is 0 Å². The fraction of sp³-hybridized carbons (Fsp3) is 0.429. The van der Waals surface area contributed by atoms with Crippen LogP contribution in [0, 0.1) is 11.7 Å². The van der Waals surface area contributed by atoms with Gasteiger partial charge in [-0.05, 0) is 67.5 Å². The Morgan fingerprint density at radius 1 is 1.16 bits per heavy atom. The lowest BCUT2D eigenvalue weighted by Gasteiger charge is -2.26. The maximum absolute atomic E-state index is 13.2. The molecule has 2 aromatic rings. The molecule has 0 N–H and O–H groups in total. The highest BCUT2D eigenvalue weighted by atomic mass is 32.2. The van der Waals surface area contributed by atoms with Gasteiger partial charge in [-0.15, -0.1) is 0 Å². The van der Waals surface area contributed by atoms with Gasteiger partial charge in [-0.3, -0.25) is 9.59 Å². The minimum absolute atomic E-state index is 0.0179. The van der Waals surface area contributed by atoms with Gasteiger partial charge in [-0.25, -0.2) is 12.8 Å². The van der Waals surface area contributed by atoms with Crippen LogP contribution in [0.4, 0.5) is 4.39 Å². The summed E-state index contributed by atoms with van der Waals surface area (Å²) in [6.07, 6.45) is 5.13. The highest BCUT2D eigenvalue weighted by molar-refractivity contribution is 7.89. The molecule has 37 heavy (non-hydrogen) atoms. The number of nitrogens with zero attached hydrogens (tertiary/aromatic N) is 2. The summed E-state index contributed by atoms with van der Waals surface area (Å²) in [6, 6.07) is 10.6. The lowest BCUT2D eigenvalue weighted by atomic mass is 9.81. The van der Waals surface area contributed by atoms with Crippen LogP contribution >= 0.6 is 0 Å².